The molecule has 1 N–H and O–H groups in total. The summed E-state index contributed by atoms with van der Waals surface area (Å²) in [6.07, 6.45) is 2.49. The molecule has 0 amide bonds. The highest BCUT2D eigenvalue weighted by Gasteiger charge is 2.26. The number of aliphatic hydroxyl groups is 1. The lowest BCUT2D eigenvalue weighted by Gasteiger charge is -2.18. The molecule has 120 valence electrons. The summed E-state index contributed by atoms with van der Waals surface area (Å²) in [6.45, 7) is 2.01. The summed E-state index contributed by atoms with van der Waals surface area (Å²) in [5.41, 5.74) is 1.57. The van der Waals surface area contributed by atoms with Crippen LogP contribution in [0.5, 0.6) is 0 Å². The number of aliphatic hydroxyl groups excluding tert-OH is 1. The van der Waals surface area contributed by atoms with Crippen LogP contribution in [0.3, 0.4) is 0 Å². The van der Waals surface area contributed by atoms with Crippen molar-refractivity contribution in [1.82, 2.24) is 0 Å². The number of rotatable bonds is 6. The molecule has 0 radical (unpaired) electrons. The summed E-state index contributed by atoms with van der Waals surface area (Å²) >= 11 is 5.86. The number of benzene rings is 2. The third kappa shape index (κ3) is 4.95. The Bertz CT molecular complexity index is 650. The quantitative estimate of drug-likeness (QED) is 0.805. The van der Waals surface area contributed by atoms with Crippen molar-refractivity contribution >= 4 is 23.6 Å². The lowest BCUT2D eigenvalue weighted by molar-refractivity contribution is -0.149. The van der Waals surface area contributed by atoms with Crippen LogP contribution in [-0.2, 0) is 9.53 Å². The molecule has 0 saturated carbocycles. The van der Waals surface area contributed by atoms with Crippen LogP contribution in [0.1, 0.15) is 24.2 Å². The molecule has 0 aliphatic carbocycles. The van der Waals surface area contributed by atoms with Gasteiger partial charge in [0.15, 0.2) is 0 Å². The van der Waals surface area contributed by atoms with Crippen molar-refractivity contribution in [1.29, 1.82) is 0 Å². The van der Waals surface area contributed by atoms with Crippen LogP contribution in [0, 0.1) is 5.92 Å². The average molecular weight is 331 g/mol. The van der Waals surface area contributed by atoms with Crippen LogP contribution >= 0.6 is 11.6 Å². The Balaban J connectivity index is 2.23. The SMILES string of the molecule is CCOC(=O)C(/C=C/c1ccc(Cl)cc1)C(O)c1ccccc1. The predicted molar refractivity (Wildman–Crippen MR) is 92.0 cm³/mol. The van der Waals surface area contributed by atoms with Crippen molar-refractivity contribution in [3.05, 3.63) is 76.8 Å². The standard InChI is InChI=1S/C19H19ClO3/c1-2-23-19(22)17(18(21)15-6-4-3-5-7-15)13-10-14-8-11-16(20)12-9-14/h3-13,17-18,21H,2H2,1H3/b13-10+. The topological polar surface area (TPSA) is 46.5 Å². The highest BCUT2D eigenvalue weighted by Crippen LogP contribution is 2.25. The van der Waals surface area contributed by atoms with Crippen LogP contribution in [0.2, 0.25) is 5.02 Å². The van der Waals surface area contributed by atoms with E-state index in [0.29, 0.717) is 10.6 Å². The van der Waals surface area contributed by atoms with Crippen LogP contribution in [0.15, 0.2) is 60.7 Å². The Morgan fingerprint density at radius 2 is 1.83 bits per heavy atom. The van der Waals surface area contributed by atoms with E-state index in [2.05, 4.69) is 0 Å². The van der Waals surface area contributed by atoms with Gasteiger partial charge in [-0.3, -0.25) is 4.79 Å². The van der Waals surface area contributed by atoms with Crippen molar-refractivity contribution in [2.45, 2.75) is 13.0 Å². The molecule has 3 nitrogen and oxygen atoms in total. The molecule has 23 heavy (non-hydrogen) atoms. The predicted octanol–water partition coefficient (Wildman–Crippen LogP) is 4.27. The van der Waals surface area contributed by atoms with Crippen molar-refractivity contribution in [3.8, 4) is 0 Å². The molecule has 4 heteroatoms. The van der Waals surface area contributed by atoms with E-state index in [0.717, 1.165) is 5.56 Å². The third-order valence-corrected chi connectivity index (χ3v) is 3.66. The van der Waals surface area contributed by atoms with E-state index in [1.54, 1.807) is 43.3 Å². The van der Waals surface area contributed by atoms with Crippen LogP contribution in [0.25, 0.3) is 6.08 Å². The fraction of sp³-hybridized carbons (Fsp3) is 0.211. The number of ether oxygens (including phenoxy) is 1. The molecule has 2 aromatic carbocycles. The zero-order valence-electron chi connectivity index (χ0n) is 12.9. The van der Waals surface area contributed by atoms with Crippen LogP contribution in [0.4, 0.5) is 0 Å². The maximum atomic E-state index is 12.2. The summed E-state index contributed by atoms with van der Waals surface area (Å²) in [5.74, 6) is -1.22. The Morgan fingerprint density at radius 3 is 2.43 bits per heavy atom. The minimum absolute atomic E-state index is 0.269. The zero-order chi connectivity index (χ0) is 16.7. The Morgan fingerprint density at radius 1 is 1.17 bits per heavy atom. The Kier molecular flexibility index (Phi) is 6.39. The lowest BCUT2D eigenvalue weighted by Crippen LogP contribution is -2.22. The first-order chi connectivity index (χ1) is 11.1. The number of esters is 1. The van der Waals surface area contributed by atoms with Gasteiger partial charge in [-0.15, -0.1) is 0 Å². The monoisotopic (exact) mass is 330 g/mol. The van der Waals surface area contributed by atoms with Gasteiger partial charge in [0.25, 0.3) is 0 Å². The van der Waals surface area contributed by atoms with Crippen molar-refractivity contribution in [3.63, 3.8) is 0 Å². The zero-order valence-corrected chi connectivity index (χ0v) is 13.6. The third-order valence-electron chi connectivity index (χ3n) is 3.41. The van der Waals surface area contributed by atoms with Crippen molar-refractivity contribution < 1.29 is 14.6 Å². The lowest BCUT2D eigenvalue weighted by atomic mass is 9.94. The van der Waals surface area contributed by atoms with Gasteiger partial charge < -0.3 is 9.84 Å². The second kappa shape index (κ2) is 8.51. The van der Waals surface area contributed by atoms with Gasteiger partial charge in [0.2, 0.25) is 0 Å². The summed E-state index contributed by atoms with van der Waals surface area (Å²) in [7, 11) is 0. The molecular weight excluding hydrogens is 312 g/mol. The molecule has 2 unspecified atom stereocenters. The number of hydrogen-bond acceptors (Lipinski definition) is 3. The number of carbonyl (C=O) groups excluding carboxylic acids is 1. The van der Waals surface area contributed by atoms with Gasteiger partial charge in [0.05, 0.1) is 12.7 Å². The van der Waals surface area contributed by atoms with E-state index in [9.17, 15) is 9.90 Å². The fourth-order valence-corrected chi connectivity index (χ4v) is 2.32. The molecular formula is C19H19ClO3. The summed E-state index contributed by atoms with van der Waals surface area (Å²) in [6, 6.07) is 16.3. The molecule has 0 aromatic heterocycles. The molecule has 0 fully saturated rings. The molecule has 0 bridgehead atoms. The summed E-state index contributed by atoms with van der Waals surface area (Å²) < 4.78 is 5.08. The van der Waals surface area contributed by atoms with Gasteiger partial charge in [-0.25, -0.2) is 0 Å². The van der Waals surface area contributed by atoms with E-state index < -0.39 is 18.0 Å². The van der Waals surface area contributed by atoms with E-state index in [-0.39, 0.29) is 6.61 Å². The Hall–Kier alpha value is -2.10. The van der Waals surface area contributed by atoms with Gasteiger partial charge >= 0.3 is 5.97 Å². The molecule has 0 aliphatic rings. The van der Waals surface area contributed by atoms with E-state index in [1.807, 2.05) is 30.3 Å². The molecule has 2 aromatic rings. The second-order valence-electron chi connectivity index (χ2n) is 5.04. The Labute approximate surface area is 141 Å². The maximum absolute atomic E-state index is 12.2. The number of hydrogen-bond donors (Lipinski definition) is 1. The fourth-order valence-electron chi connectivity index (χ4n) is 2.20. The smallest absolute Gasteiger partial charge is 0.315 e. The molecule has 0 saturated heterocycles. The molecule has 0 aliphatic heterocycles. The molecule has 0 spiro atoms. The normalized spacial score (nSPS) is 13.7. The molecule has 0 heterocycles. The summed E-state index contributed by atoms with van der Waals surface area (Å²) in [5, 5.41) is 11.2. The molecule has 2 atom stereocenters. The first-order valence-corrected chi connectivity index (χ1v) is 7.83. The van der Waals surface area contributed by atoms with Gasteiger partial charge in [-0.1, -0.05) is 66.2 Å². The van der Waals surface area contributed by atoms with Crippen molar-refractivity contribution in [2.24, 2.45) is 5.92 Å². The minimum Gasteiger partial charge on any atom is -0.465 e. The number of halogens is 1. The van der Waals surface area contributed by atoms with E-state index in [1.165, 1.54) is 0 Å². The average Bonchev–Trinajstić information content (AvgIpc) is 2.57. The first-order valence-electron chi connectivity index (χ1n) is 7.45. The van der Waals surface area contributed by atoms with Gasteiger partial charge in [0, 0.05) is 5.02 Å². The largest absolute Gasteiger partial charge is 0.465 e. The second-order valence-corrected chi connectivity index (χ2v) is 5.48. The highest BCUT2D eigenvalue weighted by molar-refractivity contribution is 6.30. The summed E-state index contributed by atoms with van der Waals surface area (Å²) in [4.78, 5) is 12.2. The molecule has 2 rings (SSSR count). The maximum Gasteiger partial charge on any atom is 0.315 e. The minimum atomic E-state index is -0.959. The van der Waals surface area contributed by atoms with Crippen LogP contribution < -0.4 is 0 Å². The number of carbonyl (C=O) groups is 1. The van der Waals surface area contributed by atoms with Gasteiger partial charge in [-0.05, 0) is 30.2 Å². The van der Waals surface area contributed by atoms with Crippen LogP contribution in [-0.4, -0.2) is 17.7 Å². The van der Waals surface area contributed by atoms with Gasteiger partial charge in [0.1, 0.15) is 5.92 Å². The van der Waals surface area contributed by atoms with Crippen molar-refractivity contribution in [2.75, 3.05) is 6.61 Å². The van der Waals surface area contributed by atoms with Gasteiger partial charge in [-0.2, -0.15) is 0 Å². The first kappa shape index (κ1) is 17.3. The van der Waals surface area contributed by atoms with E-state index in [4.69, 9.17) is 16.3 Å². The highest BCUT2D eigenvalue weighted by atomic mass is 35.5. The van der Waals surface area contributed by atoms with E-state index >= 15 is 0 Å².